The van der Waals surface area contributed by atoms with Gasteiger partial charge in [0.1, 0.15) is 0 Å². The minimum Gasteiger partial charge on any atom is -0.493 e. The minimum absolute atomic E-state index is 0.170. The number of rotatable bonds is 7. The molecule has 2 N–H and O–H groups in total. The summed E-state index contributed by atoms with van der Waals surface area (Å²) in [7, 11) is 3.09. The molecule has 0 bridgehead atoms. The van der Waals surface area contributed by atoms with Crippen molar-refractivity contribution in [3.8, 4) is 11.5 Å². The van der Waals surface area contributed by atoms with Crippen molar-refractivity contribution >= 4 is 18.0 Å². The largest absolute Gasteiger partial charge is 0.493 e. The molecule has 0 aliphatic heterocycles. The van der Waals surface area contributed by atoms with Crippen molar-refractivity contribution < 1.29 is 19.1 Å². The number of hydrazone groups is 1. The van der Waals surface area contributed by atoms with E-state index in [1.165, 1.54) is 13.3 Å². The Labute approximate surface area is 145 Å². The van der Waals surface area contributed by atoms with Gasteiger partial charge in [0.25, 0.3) is 11.8 Å². The van der Waals surface area contributed by atoms with Gasteiger partial charge in [-0.25, -0.2) is 5.43 Å². The number of benzene rings is 2. The van der Waals surface area contributed by atoms with Gasteiger partial charge in [0.05, 0.1) is 27.0 Å². The molecule has 7 nitrogen and oxygen atoms in total. The highest BCUT2D eigenvalue weighted by atomic mass is 16.5. The van der Waals surface area contributed by atoms with Gasteiger partial charge in [-0.3, -0.25) is 9.59 Å². The van der Waals surface area contributed by atoms with E-state index in [1.54, 1.807) is 49.6 Å². The molecule has 0 unspecified atom stereocenters. The van der Waals surface area contributed by atoms with Crippen LogP contribution in [0.3, 0.4) is 0 Å². The molecule has 130 valence electrons. The molecule has 7 heteroatoms. The number of methoxy groups -OCH3 is 2. The summed E-state index contributed by atoms with van der Waals surface area (Å²) in [6, 6.07) is 13.9. The number of carbonyl (C=O) groups is 2. The number of ether oxygens (including phenoxy) is 2. The van der Waals surface area contributed by atoms with Gasteiger partial charge in [0.2, 0.25) is 0 Å². The van der Waals surface area contributed by atoms with E-state index in [4.69, 9.17) is 9.47 Å². The molecule has 25 heavy (non-hydrogen) atoms. The quantitative estimate of drug-likeness (QED) is 0.591. The first-order chi connectivity index (χ1) is 12.1. The number of nitrogens with zero attached hydrogens (tertiary/aromatic N) is 1. The third kappa shape index (κ3) is 5.35. The van der Waals surface area contributed by atoms with Crippen LogP contribution >= 0.6 is 0 Å². The molecular weight excluding hydrogens is 322 g/mol. The van der Waals surface area contributed by atoms with E-state index in [0.717, 1.165) is 5.56 Å². The molecule has 2 aromatic rings. The fourth-order valence-corrected chi connectivity index (χ4v) is 2.00. The third-order valence-electron chi connectivity index (χ3n) is 3.26. The second-order valence-electron chi connectivity index (χ2n) is 4.96. The van der Waals surface area contributed by atoms with Crippen LogP contribution in [0.2, 0.25) is 0 Å². The maximum atomic E-state index is 11.8. The average molecular weight is 341 g/mol. The highest BCUT2D eigenvalue weighted by Gasteiger charge is 2.07. The molecule has 0 saturated heterocycles. The zero-order valence-electron chi connectivity index (χ0n) is 14.0. The monoisotopic (exact) mass is 341 g/mol. The average Bonchev–Trinajstić information content (AvgIpc) is 2.66. The van der Waals surface area contributed by atoms with Gasteiger partial charge in [-0.1, -0.05) is 18.2 Å². The van der Waals surface area contributed by atoms with E-state index in [1.807, 2.05) is 6.07 Å². The molecular formula is C18H19N3O4. The Hall–Kier alpha value is -3.35. The molecule has 0 spiro atoms. The molecule has 0 aliphatic rings. The Kier molecular flexibility index (Phi) is 6.53. The van der Waals surface area contributed by atoms with Crippen molar-refractivity contribution in [1.82, 2.24) is 10.7 Å². The second-order valence-corrected chi connectivity index (χ2v) is 4.96. The lowest BCUT2D eigenvalue weighted by Gasteiger charge is -2.07. The van der Waals surface area contributed by atoms with Crippen LogP contribution in [0, 0.1) is 0 Å². The van der Waals surface area contributed by atoms with Gasteiger partial charge in [-0.2, -0.15) is 5.10 Å². The van der Waals surface area contributed by atoms with E-state index in [9.17, 15) is 9.59 Å². The maximum Gasteiger partial charge on any atom is 0.259 e. The van der Waals surface area contributed by atoms with Crippen molar-refractivity contribution in [2.24, 2.45) is 5.10 Å². The molecule has 0 radical (unpaired) electrons. The summed E-state index contributed by atoms with van der Waals surface area (Å²) in [6.45, 7) is -0.170. The van der Waals surface area contributed by atoms with E-state index >= 15 is 0 Å². The smallest absolute Gasteiger partial charge is 0.259 e. The highest BCUT2D eigenvalue weighted by molar-refractivity contribution is 5.96. The molecule has 0 atom stereocenters. The summed E-state index contributed by atoms with van der Waals surface area (Å²) in [5.74, 6) is 0.417. The topological polar surface area (TPSA) is 89.0 Å². The van der Waals surface area contributed by atoms with Crippen LogP contribution in [0.1, 0.15) is 15.9 Å². The van der Waals surface area contributed by atoms with Crippen LogP contribution in [0.5, 0.6) is 11.5 Å². The fraction of sp³-hybridized carbons (Fsp3) is 0.167. The van der Waals surface area contributed by atoms with Crippen LogP contribution < -0.4 is 20.2 Å². The summed E-state index contributed by atoms with van der Waals surface area (Å²) in [5.41, 5.74) is 3.57. The standard InChI is InChI=1S/C18H19N3O4/c1-24-15-9-8-13(10-16(15)25-2)11-20-21-17(22)12-19-18(23)14-6-4-3-5-7-14/h3-11H,12H2,1-2H3,(H,19,23)(H,21,22)/b20-11-. The lowest BCUT2D eigenvalue weighted by Crippen LogP contribution is -2.34. The Balaban J connectivity index is 1.83. The Morgan fingerprint density at radius 2 is 1.76 bits per heavy atom. The molecule has 2 rings (SSSR count). The summed E-state index contributed by atoms with van der Waals surface area (Å²) in [4.78, 5) is 23.5. The zero-order valence-corrected chi connectivity index (χ0v) is 14.0. The predicted molar refractivity (Wildman–Crippen MR) is 94.1 cm³/mol. The van der Waals surface area contributed by atoms with E-state index < -0.39 is 5.91 Å². The third-order valence-corrected chi connectivity index (χ3v) is 3.26. The minimum atomic E-state index is -0.430. The van der Waals surface area contributed by atoms with Gasteiger partial charge in [-0.15, -0.1) is 0 Å². The summed E-state index contributed by atoms with van der Waals surface area (Å²) in [6.07, 6.45) is 1.47. The summed E-state index contributed by atoms with van der Waals surface area (Å²) >= 11 is 0. The Morgan fingerprint density at radius 1 is 1.04 bits per heavy atom. The van der Waals surface area contributed by atoms with Gasteiger partial charge >= 0.3 is 0 Å². The molecule has 0 aliphatic carbocycles. The number of carbonyl (C=O) groups excluding carboxylic acids is 2. The molecule has 0 fully saturated rings. The van der Waals surface area contributed by atoms with Crippen LogP contribution in [0.15, 0.2) is 53.6 Å². The number of amides is 2. The summed E-state index contributed by atoms with van der Waals surface area (Å²) < 4.78 is 10.3. The first-order valence-electron chi connectivity index (χ1n) is 7.51. The second kappa shape index (κ2) is 9.07. The van der Waals surface area contributed by atoms with Gasteiger partial charge in [-0.05, 0) is 35.9 Å². The SMILES string of the molecule is COc1ccc(/C=N\NC(=O)CNC(=O)c2ccccc2)cc1OC. The Bertz CT molecular complexity index is 760. The van der Waals surface area contributed by atoms with Crippen molar-refractivity contribution in [3.63, 3.8) is 0 Å². The van der Waals surface area contributed by atoms with Gasteiger partial charge in [0, 0.05) is 5.56 Å². The lowest BCUT2D eigenvalue weighted by molar-refractivity contribution is -0.120. The summed E-state index contributed by atoms with van der Waals surface area (Å²) in [5, 5.41) is 6.37. The fourth-order valence-electron chi connectivity index (χ4n) is 2.00. The molecule has 2 amide bonds. The molecule has 0 saturated carbocycles. The predicted octanol–water partition coefficient (Wildman–Crippen LogP) is 1.58. The Morgan fingerprint density at radius 3 is 2.44 bits per heavy atom. The van der Waals surface area contributed by atoms with Crippen LogP contribution in [0.4, 0.5) is 0 Å². The van der Waals surface area contributed by atoms with Crippen LogP contribution in [-0.4, -0.2) is 38.8 Å². The first kappa shape index (κ1) is 18.0. The van der Waals surface area contributed by atoms with Crippen LogP contribution in [-0.2, 0) is 4.79 Å². The van der Waals surface area contributed by atoms with Crippen LogP contribution in [0.25, 0.3) is 0 Å². The van der Waals surface area contributed by atoms with Crippen molar-refractivity contribution in [2.45, 2.75) is 0 Å². The molecule has 0 heterocycles. The van der Waals surface area contributed by atoms with E-state index in [-0.39, 0.29) is 12.5 Å². The van der Waals surface area contributed by atoms with Gasteiger partial charge in [0.15, 0.2) is 11.5 Å². The molecule has 0 aromatic heterocycles. The van der Waals surface area contributed by atoms with Crippen molar-refractivity contribution in [2.75, 3.05) is 20.8 Å². The van der Waals surface area contributed by atoms with E-state index in [0.29, 0.717) is 17.1 Å². The normalized spacial score (nSPS) is 10.3. The highest BCUT2D eigenvalue weighted by Crippen LogP contribution is 2.26. The number of hydrogen-bond donors (Lipinski definition) is 2. The van der Waals surface area contributed by atoms with Gasteiger partial charge < -0.3 is 14.8 Å². The maximum absolute atomic E-state index is 11.8. The number of hydrogen-bond acceptors (Lipinski definition) is 5. The zero-order chi connectivity index (χ0) is 18.1. The van der Waals surface area contributed by atoms with E-state index in [2.05, 4.69) is 15.8 Å². The van der Waals surface area contributed by atoms with Crippen molar-refractivity contribution in [3.05, 3.63) is 59.7 Å². The van der Waals surface area contributed by atoms with Crippen molar-refractivity contribution in [1.29, 1.82) is 0 Å². The number of nitrogens with one attached hydrogen (secondary N) is 2. The lowest BCUT2D eigenvalue weighted by atomic mass is 10.2. The molecule has 2 aromatic carbocycles. The first-order valence-corrected chi connectivity index (χ1v) is 7.51.